The van der Waals surface area contributed by atoms with E-state index in [4.69, 9.17) is 5.84 Å². The van der Waals surface area contributed by atoms with Gasteiger partial charge in [-0.25, -0.2) is 0 Å². The normalized spacial score (nSPS) is 46.9. The molecule has 5 saturated carbocycles. The molecule has 0 aliphatic heterocycles. The van der Waals surface area contributed by atoms with Crippen LogP contribution in [0.15, 0.2) is 0 Å². The highest BCUT2D eigenvalue weighted by molar-refractivity contribution is 5.06. The van der Waals surface area contributed by atoms with Gasteiger partial charge in [-0.1, -0.05) is 25.7 Å². The van der Waals surface area contributed by atoms with Crippen molar-refractivity contribution in [3.63, 3.8) is 0 Å². The molecule has 1 unspecified atom stereocenters. The maximum atomic E-state index is 6.02. The van der Waals surface area contributed by atoms with Crippen LogP contribution in [0.3, 0.4) is 0 Å². The number of nitrogens with two attached hydrogens (primary N) is 1. The van der Waals surface area contributed by atoms with Crippen LogP contribution in [-0.2, 0) is 0 Å². The highest BCUT2D eigenvalue weighted by Crippen LogP contribution is 2.61. The van der Waals surface area contributed by atoms with E-state index in [9.17, 15) is 0 Å². The molecule has 108 valence electrons. The molecule has 0 saturated heterocycles. The van der Waals surface area contributed by atoms with Crippen LogP contribution in [0, 0.1) is 29.1 Å². The molecule has 3 N–H and O–H groups in total. The fourth-order valence-electron chi connectivity index (χ4n) is 6.68. The number of hydrogen-bond acceptors (Lipinski definition) is 2. The topological polar surface area (TPSA) is 38.0 Å². The van der Waals surface area contributed by atoms with Crippen molar-refractivity contribution in [1.29, 1.82) is 0 Å². The summed E-state index contributed by atoms with van der Waals surface area (Å²) in [5, 5.41) is 0. The standard InChI is InChI=1S/C17H30N2/c18-19-16(8-12-3-1-2-4-12)17-9-13-5-14(10-17)7-15(6-13)11-17/h12-16,19H,1-11,18H2. The van der Waals surface area contributed by atoms with Crippen LogP contribution in [0.4, 0.5) is 0 Å². The van der Waals surface area contributed by atoms with Gasteiger partial charge in [-0.05, 0) is 74.0 Å². The van der Waals surface area contributed by atoms with E-state index in [0.29, 0.717) is 11.5 Å². The fraction of sp³-hybridized carbons (Fsp3) is 1.00. The lowest BCUT2D eigenvalue weighted by atomic mass is 9.47. The molecule has 4 bridgehead atoms. The van der Waals surface area contributed by atoms with Crippen LogP contribution in [0.25, 0.3) is 0 Å². The minimum atomic E-state index is 0.589. The smallest absolute Gasteiger partial charge is 0.0269 e. The minimum Gasteiger partial charge on any atom is -0.271 e. The van der Waals surface area contributed by atoms with E-state index >= 15 is 0 Å². The van der Waals surface area contributed by atoms with Crippen molar-refractivity contribution in [3.8, 4) is 0 Å². The second kappa shape index (κ2) is 4.73. The van der Waals surface area contributed by atoms with Crippen molar-refractivity contribution in [2.24, 2.45) is 34.9 Å². The molecule has 0 amide bonds. The Kier molecular flexibility index (Phi) is 3.15. The Morgan fingerprint density at radius 2 is 1.47 bits per heavy atom. The number of hydrogen-bond donors (Lipinski definition) is 2. The zero-order valence-electron chi connectivity index (χ0n) is 12.2. The molecular formula is C17H30N2. The third-order valence-electron chi connectivity index (χ3n) is 7.07. The Labute approximate surface area is 117 Å². The number of nitrogens with one attached hydrogen (secondary N) is 1. The summed E-state index contributed by atoms with van der Waals surface area (Å²) in [5.41, 5.74) is 3.88. The van der Waals surface area contributed by atoms with Crippen LogP contribution >= 0.6 is 0 Å². The zero-order chi connectivity index (χ0) is 12.9. The van der Waals surface area contributed by atoms with Crippen molar-refractivity contribution < 1.29 is 0 Å². The van der Waals surface area contributed by atoms with Gasteiger partial charge >= 0.3 is 0 Å². The highest BCUT2D eigenvalue weighted by Gasteiger charge is 2.54. The van der Waals surface area contributed by atoms with Gasteiger partial charge in [-0.15, -0.1) is 0 Å². The first-order valence-electron chi connectivity index (χ1n) is 8.73. The molecule has 5 fully saturated rings. The molecule has 2 nitrogen and oxygen atoms in total. The Balaban J connectivity index is 1.51. The summed E-state index contributed by atoms with van der Waals surface area (Å²) in [5.74, 6) is 10.1. The lowest BCUT2D eigenvalue weighted by Crippen LogP contribution is -2.57. The molecule has 0 radical (unpaired) electrons. The first-order valence-corrected chi connectivity index (χ1v) is 8.73. The van der Waals surface area contributed by atoms with E-state index in [0.717, 1.165) is 23.7 Å². The molecule has 19 heavy (non-hydrogen) atoms. The van der Waals surface area contributed by atoms with Crippen LogP contribution in [0.2, 0.25) is 0 Å². The largest absolute Gasteiger partial charge is 0.271 e. The summed E-state index contributed by atoms with van der Waals surface area (Å²) in [6.07, 6.45) is 16.3. The fourth-order valence-corrected chi connectivity index (χ4v) is 6.68. The average molecular weight is 262 g/mol. The summed E-state index contributed by atoms with van der Waals surface area (Å²) in [7, 11) is 0. The van der Waals surface area contributed by atoms with E-state index in [1.165, 1.54) is 51.4 Å². The quantitative estimate of drug-likeness (QED) is 0.600. The summed E-state index contributed by atoms with van der Waals surface area (Å²) in [6, 6.07) is 0.615. The first kappa shape index (κ1) is 12.6. The molecule has 0 aromatic heterocycles. The Bertz CT molecular complexity index is 297. The number of rotatable bonds is 4. The van der Waals surface area contributed by atoms with Gasteiger partial charge in [-0.3, -0.25) is 11.3 Å². The summed E-state index contributed by atoms with van der Waals surface area (Å²) in [6.45, 7) is 0. The zero-order valence-corrected chi connectivity index (χ0v) is 12.2. The van der Waals surface area contributed by atoms with Crippen molar-refractivity contribution in [2.75, 3.05) is 0 Å². The van der Waals surface area contributed by atoms with Crippen LogP contribution in [0.5, 0.6) is 0 Å². The van der Waals surface area contributed by atoms with Gasteiger partial charge in [-0.2, -0.15) is 0 Å². The summed E-state index contributed by atoms with van der Waals surface area (Å²) >= 11 is 0. The van der Waals surface area contributed by atoms with Gasteiger partial charge in [0.1, 0.15) is 0 Å². The van der Waals surface area contributed by atoms with E-state index in [2.05, 4.69) is 5.43 Å². The first-order chi connectivity index (χ1) is 9.27. The molecule has 2 heteroatoms. The summed E-state index contributed by atoms with van der Waals surface area (Å²) in [4.78, 5) is 0. The van der Waals surface area contributed by atoms with Crippen LogP contribution in [-0.4, -0.2) is 6.04 Å². The molecule has 5 aliphatic carbocycles. The Morgan fingerprint density at radius 3 is 1.95 bits per heavy atom. The van der Waals surface area contributed by atoms with Gasteiger partial charge in [0.05, 0.1) is 0 Å². The van der Waals surface area contributed by atoms with Gasteiger partial charge in [0.15, 0.2) is 0 Å². The van der Waals surface area contributed by atoms with Crippen molar-refractivity contribution in [3.05, 3.63) is 0 Å². The average Bonchev–Trinajstić information content (AvgIpc) is 2.87. The highest BCUT2D eigenvalue weighted by atomic mass is 15.2. The molecular weight excluding hydrogens is 232 g/mol. The predicted octanol–water partition coefficient (Wildman–Crippen LogP) is 3.62. The lowest BCUT2D eigenvalue weighted by molar-refractivity contribution is -0.0777. The molecule has 1 atom stereocenters. The van der Waals surface area contributed by atoms with Gasteiger partial charge in [0, 0.05) is 6.04 Å². The predicted molar refractivity (Wildman–Crippen MR) is 78.3 cm³/mol. The molecule has 0 aromatic rings. The maximum absolute atomic E-state index is 6.02. The second-order valence-corrected chi connectivity index (χ2v) is 8.39. The molecule has 0 heterocycles. The van der Waals surface area contributed by atoms with Crippen LogP contribution in [0.1, 0.15) is 70.6 Å². The number of hydrazine groups is 1. The van der Waals surface area contributed by atoms with E-state index in [1.54, 1.807) is 19.3 Å². The minimum absolute atomic E-state index is 0.589. The molecule has 5 rings (SSSR count). The SMILES string of the molecule is NNC(CC1CCCC1)C12CC3CC(CC(C3)C1)C2. The Hall–Kier alpha value is -0.0800. The molecule has 5 aliphatic rings. The third-order valence-corrected chi connectivity index (χ3v) is 7.07. The van der Waals surface area contributed by atoms with E-state index in [1.807, 2.05) is 0 Å². The third kappa shape index (κ3) is 2.15. The van der Waals surface area contributed by atoms with Crippen molar-refractivity contribution >= 4 is 0 Å². The van der Waals surface area contributed by atoms with Crippen molar-refractivity contribution in [2.45, 2.75) is 76.7 Å². The van der Waals surface area contributed by atoms with Crippen LogP contribution < -0.4 is 11.3 Å². The van der Waals surface area contributed by atoms with Crippen molar-refractivity contribution in [1.82, 2.24) is 5.43 Å². The molecule has 0 spiro atoms. The van der Waals surface area contributed by atoms with Gasteiger partial charge in [0.25, 0.3) is 0 Å². The maximum Gasteiger partial charge on any atom is 0.0269 e. The van der Waals surface area contributed by atoms with Gasteiger partial charge < -0.3 is 0 Å². The lowest BCUT2D eigenvalue weighted by Gasteiger charge is -2.59. The summed E-state index contributed by atoms with van der Waals surface area (Å²) < 4.78 is 0. The molecule has 0 aromatic carbocycles. The van der Waals surface area contributed by atoms with E-state index in [-0.39, 0.29) is 0 Å². The monoisotopic (exact) mass is 262 g/mol. The Morgan fingerprint density at radius 1 is 0.947 bits per heavy atom. The second-order valence-electron chi connectivity index (χ2n) is 8.39. The van der Waals surface area contributed by atoms with E-state index < -0.39 is 0 Å². The van der Waals surface area contributed by atoms with Gasteiger partial charge in [0.2, 0.25) is 0 Å².